The Bertz CT molecular complexity index is 1030. The lowest BCUT2D eigenvalue weighted by Crippen LogP contribution is -2.32. The third-order valence-corrected chi connectivity index (χ3v) is 6.53. The molecule has 7 nitrogen and oxygen atoms in total. The molecule has 1 aromatic carbocycles. The van der Waals surface area contributed by atoms with Crippen molar-refractivity contribution in [2.24, 2.45) is 0 Å². The van der Waals surface area contributed by atoms with Crippen LogP contribution in [0.25, 0.3) is 0 Å². The van der Waals surface area contributed by atoms with Crippen molar-refractivity contribution in [3.05, 3.63) is 78.4 Å². The largest absolute Gasteiger partial charge is 0.324 e. The molecule has 1 aliphatic rings. The molecule has 0 radical (unpaired) electrons. The second-order valence-electron chi connectivity index (χ2n) is 6.67. The topological polar surface area (TPSA) is 88.1 Å². The minimum absolute atomic E-state index is 0.00187. The molecular weight excluding hydrogens is 374 g/mol. The molecule has 0 unspecified atom stereocenters. The summed E-state index contributed by atoms with van der Waals surface area (Å²) in [7, 11) is -3.43. The summed E-state index contributed by atoms with van der Waals surface area (Å²) < 4.78 is 27.6. The first-order valence-electron chi connectivity index (χ1n) is 9.15. The van der Waals surface area contributed by atoms with E-state index in [1.807, 2.05) is 48.5 Å². The van der Waals surface area contributed by atoms with Gasteiger partial charge in [0.2, 0.25) is 10.0 Å². The number of hydrogen-bond acceptors (Lipinski definition) is 6. The first-order valence-corrected chi connectivity index (χ1v) is 10.8. The van der Waals surface area contributed by atoms with Gasteiger partial charge in [-0.2, -0.15) is 4.31 Å². The lowest BCUT2D eigenvalue weighted by atomic mass is 10.1. The van der Waals surface area contributed by atoms with E-state index in [0.29, 0.717) is 18.2 Å². The smallest absolute Gasteiger partial charge is 0.218 e. The minimum Gasteiger partial charge on any atom is -0.324 e. The molecule has 0 amide bonds. The van der Waals surface area contributed by atoms with E-state index in [1.165, 1.54) is 0 Å². The van der Waals surface area contributed by atoms with E-state index < -0.39 is 10.0 Å². The van der Waals surface area contributed by atoms with Crippen molar-refractivity contribution < 1.29 is 8.42 Å². The minimum atomic E-state index is -3.43. The Morgan fingerprint density at radius 1 is 1.04 bits per heavy atom. The van der Waals surface area contributed by atoms with Gasteiger partial charge in [0.25, 0.3) is 0 Å². The van der Waals surface area contributed by atoms with Crippen LogP contribution >= 0.6 is 0 Å². The van der Waals surface area contributed by atoms with Gasteiger partial charge in [-0.25, -0.2) is 18.4 Å². The standard InChI is InChI=1S/C20H21N5O2S/c26-28(27,15-16-6-2-1-3-7-16)25-13-5-9-18(25)17-8-4-10-19(23-17)24-20-14-21-11-12-22-20/h1-4,6-8,10-12,14,18H,5,9,13,15H2,(H,22,23,24)/t18-/m0/s1. The average molecular weight is 395 g/mol. The second-order valence-corrected chi connectivity index (χ2v) is 8.60. The van der Waals surface area contributed by atoms with E-state index in [9.17, 15) is 8.42 Å². The molecule has 8 heteroatoms. The average Bonchev–Trinajstić information content (AvgIpc) is 3.21. The van der Waals surface area contributed by atoms with E-state index in [4.69, 9.17) is 0 Å². The van der Waals surface area contributed by atoms with Crippen molar-refractivity contribution >= 4 is 21.7 Å². The summed E-state index contributed by atoms with van der Waals surface area (Å²) in [6.45, 7) is 0.517. The Kier molecular flexibility index (Phi) is 5.31. The molecule has 144 valence electrons. The highest BCUT2D eigenvalue weighted by Gasteiger charge is 2.36. The van der Waals surface area contributed by atoms with E-state index in [1.54, 1.807) is 22.9 Å². The van der Waals surface area contributed by atoms with Crippen LogP contribution in [0.4, 0.5) is 11.6 Å². The van der Waals surface area contributed by atoms with Gasteiger partial charge >= 0.3 is 0 Å². The molecule has 28 heavy (non-hydrogen) atoms. The van der Waals surface area contributed by atoms with Gasteiger partial charge in [-0.1, -0.05) is 36.4 Å². The first kappa shape index (κ1) is 18.5. The molecule has 1 N–H and O–H groups in total. The molecular formula is C20H21N5O2S. The van der Waals surface area contributed by atoms with Gasteiger partial charge in [0, 0.05) is 18.9 Å². The monoisotopic (exact) mass is 395 g/mol. The third kappa shape index (κ3) is 4.18. The maximum Gasteiger partial charge on any atom is 0.218 e. The summed E-state index contributed by atoms with van der Waals surface area (Å²) in [6, 6.07) is 14.6. The molecule has 3 aromatic rings. The summed E-state index contributed by atoms with van der Waals surface area (Å²) in [6.07, 6.45) is 6.39. The highest BCUT2D eigenvalue weighted by atomic mass is 32.2. The van der Waals surface area contributed by atoms with Crippen LogP contribution in [0, 0.1) is 0 Å². The van der Waals surface area contributed by atoms with Gasteiger partial charge in [0.15, 0.2) is 0 Å². The molecule has 4 rings (SSSR count). The zero-order valence-corrected chi connectivity index (χ0v) is 16.1. The number of pyridine rings is 1. The van der Waals surface area contributed by atoms with E-state index >= 15 is 0 Å². The molecule has 1 atom stereocenters. The Labute approximate surface area is 164 Å². The predicted molar refractivity (Wildman–Crippen MR) is 107 cm³/mol. The van der Waals surface area contributed by atoms with E-state index in [0.717, 1.165) is 24.1 Å². The van der Waals surface area contributed by atoms with Crippen molar-refractivity contribution in [1.29, 1.82) is 0 Å². The van der Waals surface area contributed by atoms with Crippen LogP contribution in [0.15, 0.2) is 67.1 Å². The third-order valence-electron chi connectivity index (χ3n) is 4.68. The summed E-state index contributed by atoms with van der Waals surface area (Å²) in [5, 5.41) is 3.11. The van der Waals surface area contributed by atoms with E-state index in [-0.39, 0.29) is 11.8 Å². The Balaban J connectivity index is 1.55. The van der Waals surface area contributed by atoms with Crippen LogP contribution in [0.1, 0.15) is 30.1 Å². The van der Waals surface area contributed by atoms with Crippen LogP contribution in [0.3, 0.4) is 0 Å². The van der Waals surface area contributed by atoms with Gasteiger partial charge in [-0.3, -0.25) is 4.98 Å². The van der Waals surface area contributed by atoms with Crippen LogP contribution in [0.2, 0.25) is 0 Å². The predicted octanol–water partition coefficient (Wildman–Crippen LogP) is 3.28. The zero-order valence-electron chi connectivity index (χ0n) is 15.3. The Hall–Kier alpha value is -2.84. The molecule has 0 aliphatic carbocycles. The van der Waals surface area contributed by atoms with Crippen molar-refractivity contribution in [2.45, 2.75) is 24.6 Å². The summed E-state index contributed by atoms with van der Waals surface area (Å²) in [5.74, 6) is 1.21. The second kappa shape index (κ2) is 8.04. The molecule has 1 fully saturated rings. The maximum atomic E-state index is 13.0. The number of rotatable bonds is 6. The molecule has 2 aromatic heterocycles. The number of benzene rings is 1. The van der Waals surface area contributed by atoms with Crippen LogP contribution < -0.4 is 5.32 Å². The zero-order chi connectivity index (χ0) is 19.4. The fraction of sp³-hybridized carbons (Fsp3) is 0.250. The van der Waals surface area contributed by atoms with Crippen molar-refractivity contribution in [3.63, 3.8) is 0 Å². The number of aromatic nitrogens is 3. The van der Waals surface area contributed by atoms with E-state index in [2.05, 4.69) is 20.3 Å². The molecule has 1 aliphatic heterocycles. The number of nitrogens with one attached hydrogen (secondary N) is 1. The molecule has 0 spiro atoms. The summed E-state index contributed by atoms with van der Waals surface area (Å²) in [5.41, 5.74) is 1.53. The van der Waals surface area contributed by atoms with Crippen molar-refractivity contribution in [2.75, 3.05) is 11.9 Å². The molecule has 0 bridgehead atoms. The van der Waals surface area contributed by atoms with Gasteiger partial charge in [-0.15, -0.1) is 0 Å². The highest BCUT2D eigenvalue weighted by molar-refractivity contribution is 7.88. The van der Waals surface area contributed by atoms with Crippen LogP contribution in [-0.4, -0.2) is 34.2 Å². The van der Waals surface area contributed by atoms with Crippen LogP contribution in [-0.2, 0) is 15.8 Å². The Morgan fingerprint density at radius 2 is 1.89 bits per heavy atom. The number of nitrogens with zero attached hydrogens (tertiary/aromatic N) is 4. The fourth-order valence-corrected chi connectivity index (χ4v) is 5.23. The Morgan fingerprint density at radius 3 is 2.68 bits per heavy atom. The number of sulfonamides is 1. The molecule has 1 saturated heterocycles. The summed E-state index contributed by atoms with van der Waals surface area (Å²) in [4.78, 5) is 12.8. The quantitative estimate of drug-likeness (QED) is 0.689. The van der Waals surface area contributed by atoms with Gasteiger partial charge < -0.3 is 5.32 Å². The maximum absolute atomic E-state index is 13.0. The normalized spacial score (nSPS) is 17.5. The molecule has 3 heterocycles. The first-order chi connectivity index (χ1) is 13.6. The number of hydrogen-bond donors (Lipinski definition) is 1. The lowest BCUT2D eigenvalue weighted by Gasteiger charge is -2.24. The van der Waals surface area contributed by atoms with Crippen LogP contribution in [0.5, 0.6) is 0 Å². The van der Waals surface area contributed by atoms with Gasteiger partial charge in [0.05, 0.1) is 23.7 Å². The van der Waals surface area contributed by atoms with Crippen molar-refractivity contribution in [1.82, 2.24) is 19.3 Å². The fourth-order valence-electron chi connectivity index (χ4n) is 3.44. The lowest BCUT2D eigenvalue weighted by molar-refractivity contribution is 0.390. The molecule has 0 saturated carbocycles. The highest BCUT2D eigenvalue weighted by Crippen LogP contribution is 2.34. The van der Waals surface area contributed by atoms with Gasteiger partial charge in [-0.05, 0) is 30.5 Å². The van der Waals surface area contributed by atoms with Crippen molar-refractivity contribution in [3.8, 4) is 0 Å². The number of anilines is 2. The SMILES string of the molecule is O=S(=O)(Cc1ccccc1)N1CCC[C@H]1c1cccc(Nc2cnccn2)n1. The summed E-state index contributed by atoms with van der Waals surface area (Å²) >= 11 is 0. The van der Waals surface area contributed by atoms with Gasteiger partial charge in [0.1, 0.15) is 11.6 Å².